The fraction of sp³-hybridized carbons (Fsp3) is 0.333. The number of rotatable bonds is 7. The van der Waals surface area contributed by atoms with Crippen molar-refractivity contribution in [3.8, 4) is 0 Å². The molecule has 2 aromatic rings. The number of ether oxygens (including phenoxy) is 1. The Morgan fingerprint density at radius 2 is 2.16 bits per heavy atom. The van der Waals surface area contributed by atoms with Crippen molar-refractivity contribution in [2.45, 2.75) is 20.1 Å². The Labute approximate surface area is 123 Å². The molecule has 102 valence electrons. The molecule has 0 fully saturated rings. The van der Waals surface area contributed by atoms with E-state index in [0.29, 0.717) is 13.2 Å². The highest BCUT2D eigenvalue weighted by atomic mass is 35.5. The first kappa shape index (κ1) is 14.5. The molecule has 0 unspecified atom stereocenters. The number of nitrogens with one attached hydrogen (secondary N) is 1. The Morgan fingerprint density at radius 3 is 2.89 bits per heavy atom. The number of thiophene rings is 1. The molecular weight excluding hydrogens is 278 g/mol. The van der Waals surface area contributed by atoms with Gasteiger partial charge >= 0.3 is 0 Å². The average molecular weight is 296 g/mol. The summed E-state index contributed by atoms with van der Waals surface area (Å²) >= 11 is 7.74. The van der Waals surface area contributed by atoms with E-state index < -0.39 is 0 Å². The minimum absolute atomic E-state index is 0.611. The summed E-state index contributed by atoms with van der Waals surface area (Å²) in [6.45, 7) is 5.22. The zero-order chi connectivity index (χ0) is 13.5. The third-order valence-electron chi connectivity index (χ3n) is 2.68. The van der Waals surface area contributed by atoms with Crippen molar-refractivity contribution in [1.82, 2.24) is 5.32 Å². The number of hydrogen-bond donors (Lipinski definition) is 1. The summed E-state index contributed by atoms with van der Waals surface area (Å²) in [4.78, 5) is 2.72. The Balaban J connectivity index is 1.57. The lowest BCUT2D eigenvalue weighted by Gasteiger charge is -2.06. The van der Waals surface area contributed by atoms with Crippen LogP contribution < -0.4 is 5.32 Å². The maximum absolute atomic E-state index is 5.91. The molecule has 0 aliphatic rings. The maximum Gasteiger partial charge on any atom is 0.0718 e. The summed E-state index contributed by atoms with van der Waals surface area (Å²) in [5.74, 6) is 0. The van der Waals surface area contributed by atoms with E-state index in [1.165, 1.54) is 9.75 Å². The third kappa shape index (κ3) is 5.33. The molecule has 1 N–H and O–H groups in total. The fourth-order valence-corrected chi connectivity index (χ4v) is 2.83. The molecule has 0 amide bonds. The van der Waals surface area contributed by atoms with Crippen molar-refractivity contribution in [3.63, 3.8) is 0 Å². The second-order valence-corrected chi connectivity index (χ2v) is 6.18. The molecule has 0 bridgehead atoms. The smallest absolute Gasteiger partial charge is 0.0718 e. The lowest BCUT2D eigenvalue weighted by Crippen LogP contribution is -2.18. The quantitative estimate of drug-likeness (QED) is 0.779. The van der Waals surface area contributed by atoms with Crippen molar-refractivity contribution < 1.29 is 4.74 Å². The van der Waals surface area contributed by atoms with Crippen molar-refractivity contribution in [3.05, 3.63) is 56.7 Å². The first-order chi connectivity index (χ1) is 9.24. The van der Waals surface area contributed by atoms with E-state index in [0.717, 1.165) is 23.7 Å². The average Bonchev–Trinajstić information content (AvgIpc) is 2.79. The predicted molar refractivity (Wildman–Crippen MR) is 81.9 cm³/mol. The van der Waals surface area contributed by atoms with E-state index in [9.17, 15) is 0 Å². The first-order valence-corrected chi connectivity index (χ1v) is 7.52. The highest BCUT2D eigenvalue weighted by molar-refractivity contribution is 7.11. The molecule has 0 aliphatic carbocycles. The van der Waals surface area contributed by atoms with Crippen LogP contribution in [0.1, 0.15) is 15.3 Å². The second kappa shape index (κ2) is 7.65. The molecule has 2 rings (SSSR count). The molecular formula is C15H18ClNOS. The van der Waals surface area contributed by atoms with Gasteiger partial charge in [-0.15, -0.1) is 11.3 Å². The van der Waals surface area contributed by atoms with E-state index in [2.05, 4.69) is 24.4 Å². The molecule has 4 heteroatoms. The summed E-state index contributed by atoms with van der Waals surface area (Å²) in [6, 6.07) is 12.1. The van der Waals surface area contributed by atoms with Crippen LogP contribution >= 0.6 is 22.9 Å². The SMILES string of the molecule is Cc1ccc(CNCCOCc2cccc(Cl)c2)s1. The fourth-order valence-electron chi connectivity index (χ4n) is 1.75. The van der Waals surface area contributed by atoms with Crippen LogP contribution in [0.15, 0.2) is 36.4 Å². The van der Waals surface area contributed by atoms with Gasteiger partial charge in [0.15, 0.2) is 0 Å². The third-order valence-corrected chi connectivity index (χ3v) is 3.91. The monoisotopic (exact) mass is 295 g/mol. The Morgan fingerprint density at radius 1 is 1.26 bits per heavy atom. The molecule has 1 aromatic heterocycles. The summed E-state index contributed by atoms with van der Waals surface area (Å²) < 4.78 is 5.60. The minimum Gasteiger partial charge on any atom is -0.375 e. The summed E-state index contributed by atoms with van der Waals surface area (Å²) in [5.41, 5.74) is 1.11. The van der Waals surface area contributed by atoms with Crippen LogP contribution in [-0.4, -0.2) is 13.2 Å². The summed E-state index contributed by atoms with van der Waals surface area (Å²) in [5, 5.41) is 4.13. The highest BCUT2D eigenvalue weighted by Crippen LogP contribution is 2.14. The molecule has 0 saturated carbocycles. The molecule has 19 heavy (non-hydrogen) atoms. The number of aryl methyl sites for hydroxylation is 1. The lowest BCUT2D eigenvalue weighted by molar-refractivity contribution is 0.122. The topological polar surface area (TPSA) is 21.3 Å². The Kier molecular flexibility index (Phi) is 5.86. The van der Waals surface area contributed by atoms with Gasteiger partial charge in [-0.3, -0.25) is 0 Å². The van der Waals surface area contributed by atoms with Gasteiger partial charge in [0.1, 0.15) is 0 Å². The van der Waals surface area contributed by atoms with Crippen molar-refractivity contribution in [1.29, 1.82) is 0 Å². The van der Waals surface area contributed by atoms with Gasteiger partial charge in [0.2, 0.25) is 0 Å². The zero-order valence-corrected chi connectivity index (χ0v) is 12.6. The van der Waals surface area contributed by atoms with Crippen LogP contribution in [-0.2, 0) is 17.9 Å². The summed E-state index contributed by atoms with van der Waals surface area (Å²) in [6.07, 6.45) is 0. The zero-order valence-electron chi connectivity index (χ0n) is 11.0. The van der Waals surface area contributed by atoms with Crippen LogP contribution in [0, 0.1) is 6.92 Å². The maximum atomic E-state index is 5.91. The van der Waals surface area contributed by atoms with Gasteiger partial charge in [-0.25, -0.2) is 0 Å². The van der Waals surface area contributed by atoms with Gasteiger partial charge in [-0.05, 0) is 36.8 Å². The van der Waals surface area contributed by atoms with Gasteiger partial charge in [0.25, 0.3) is 0 Å². The van der Waals surface area contributed by atoms with E-state index in [4.69, 9.17) is 16.3 Å². The first-order valence-electron chi connectivity index (χ1n) is 6.32. The van der Waals surface area contributed by atoms with Gasteiger partial charge in [-0.1, -0.05) is 23.7 Å². The van der Waals surface area contributed by atoms with Gasteiger partial charge in [0, 0.05) is 27.9 Å². The van der Waals surface area contributed by atoms with E-state index in [-0.39, 0.29) is 0 Å². The van der Waals surface area contributed by atoms with Crippen molar-refractivity contribution >= 4 is 22.9 Å². The van der Waals surface area contributed by atoms with E-state index in [1.807, 2.05) is 35.6 Å². The lowest BCUT2D eigenvalue weighted by atomic mass is 10.2. The van der Waals surface area contributed by atoms with Crippen LogP contribution in [0.25, 0.3) is 0 Å². The minimum atomic E-state index is 0.611. The van der Waals surface area contributed by atoms with Crippen LogP contribution in [0.4, 0.5) is 0 Å². The molecule has 0 saturated heterocycles. The second-order valence-electron chi connectivity index (χ2n) is 4.37. The number of halogens is 1. The molecule has 1 aromatic carbocycles. The van der Waals surface area contributed by atoms with E-state index in [1.54, 1.807) is 0 Å². The van der Waals surface area contributed by atoms with Crippen LogP contribution in [0.5, 0.6) is 0 Å². The predicted octanol–water partition coefficient (Wildman–Crippen LogP) is 4.02. The van der Waals surface area contributed by atoms with Crippen molar-refractivity contribution in [2.75, 3.05) is 13.2 Å². The molecule has 1 heterocycles. The van der Waals surface area contributed by atoms with Gasteiger partial charge in [-0.2, -0.15) is 0 Å². The Bertz CT molecular complexity index is 512. The normalized spacial score (nSPS) is 10.8. The molecule has 0 aliphatic heterocycles. The van der Waals surface area contributed by atoms with Crippen molar-refractivity contribution in [2.24, 2.45) is 0 Å². The van der Waals surface area contributed by atoms with Crippen LogP contribution in [0.2, 0.25) is 5.02 Å². The van der Waals surface area contributed by atoms with Gasteiger partial charge < -0.3 is 10.1 Å². The highest BCUT2D eigenvalue weighted by Gasteiger charge is 1.97. The standard InChI is InChI=1S/C15H18ClNOS/c1-12-5-6-15(19-12)10-17-7-8-18-11-13-3-2-4-14(16)9-13/h2-6,9,17H,7-8,10-11H2,1H3. The Hall–Kier alpha value is -0.870. The molecule has 0 atom stereocenters. The largest absolute Gasteiger partial charge is 0.375 e. The van der Waals surface area contributed by atoms with Gasteiger partial charge in [0.05, 0.1) is 13.2 Å². The van der Waals surface area contributed by atoms with E-state index >= 15 is 0 Å². The molecule has 0 radical (unpaired) electrons. The summed E-state index contributed by atoms with van der Waals surface area (Å²) in [7, 11) is 0. The molecule has 0 spiro atoms. The number of benzene rings is 1. The van der Waals surface area contributed by atoms with Crippen LogP contribution in [0.3, 0.4) is 0 Å². The number of hydrogen-bond acceptors (Lipinski definition) is 3. The molecule has 2 nitrogen and oxygen atoms in total.